The zero-order chi connectivity index (χ0) is 19.6. The molecule has 1 aliphatic rings. The van der Waals surface area contributed by atoms with E-state index in [1.54, 1.807) is 30.3 Å². The fourth-order valence-electron chi connectivity index (χ4n) is 2.81. The normalized spacial score (nSPS) is 13.6. The topological polar surface area (TPSA) is 102 Å². The predicted octanol–water partition coefficient (Wildman–Crippen LogP) is 1.28. The number of ether oxygens (including phenoxy) is 2. The van der Waals surface area contributed by atoms with Crippen LogP contribution in [0.5, 0.6) is 11.5 Å². The first-order valence-corrected chi connectivity index (χ1v) is 9.54. The van der Waals surface area contributed by atoms with Crippen molar-refractivity contribution in [2.45, 2.75) is 4.90 Å². The zero-order valence-corrected chi connectivity index (χ0v) is 15.6. The van der Waals surface area contributed by atoms with Crippen LogP contribution in [0.1, 0.15) is 20.7 Å². The molecule has 0 saturated carbocycles. The fraction of sp³-hybridized carbons (Fsp3) is 0.222. The van der Waals surface area contributed by atoms with Gasteiger partial charge >= 0.3 is 0 Å². The van der Waals surface area contributed by atoms with Gasteiger partial charge in [-0.25, -0.2) is 13.1 Å². The lowest BCUT2D eigenvalue weighted by atomic mass is 10.1. The number of sulfonamides is 1. The summed E-state index contributed by atoms with van der Waals surface area (Å²) in [7, 11) is -1.15. The number of nitrogens with zero attached hydrogens (tertiary/aromatic N) is 1. The molecule has 0 atom stereocenters. The van der Waals surface area contributed by atoms with Crippen LogP contribution < -0.4 is 14.2 Å². The third-order valence-corrected chi connectivity index (χ3v) is 5.65. The Kier molecular flexibility index (Phi) is 5.15. The number of imide groups is 1. The molecule has 0 bridgehead atoms. The van der Waals surface area contributed by atoms with Gasteiger partial charge in [-0.2, -0.15) is 0 Å². The van der Waals surface area contributed by atoms with E-state index in [9.17, 15) is 18.0 Å². The molecule has 3 rings (SSSR count). The molecule has 0 fully saturated rings. The van der Waals surface area contributed by atoms with Crippen LogP contribution >= 0.6 is 0 Å². The third-order valence-electron chi connectivity index (χ3n) is 4.17. The molecule has 0 spiro atoms. The molecule has 1 aliphatic heterocycles. The smallest absolute Gasteiger partial charge is 0.261 e. The van der Waals surface area contributed by atoms with E-state index in [2.05, 4.69) is 4.72 Å². The van der Waals surface area contributed by atoms with E-state index in [1.807, 2.05) is 0 Å². The number of methoxy groups -OCH3 is 2. The molecule has 8 nitrogen and oxygen atoms in total. The van der Waals surface area contributed by atoms with Crippen LogP contribution in [0.4, 0.5) is 0 Å². The number of hydrogen-bond acceptors (Lipinski definition) is 6. The minimum Gasteiger partial charge on any atom is -0.497 e. The van der Waals surface area contributed by atoms with Gasteiger partial charge in [0.15, 0.2) is 0 Å². The number of rotatable bonds is 7. The van der Waals surface area contributed by atoms with E-state index in [-0.39, 0.29) is 23.7 Å². The number of fused-ring (bicyclic) bond motifs is 1. The van der Waals surface area contributed by atoms with Gasteiger partial charge in [-0.05, 0) is 24.3 Å². The first-order valence-electron chi connectivity index (χ1n) is 8.06. The summed E-state index contributed by atoms with van der Waals surface area (Å²) in [4.78, 5) is 25.5. The van der Waals surface area contributed by atoms with Gasteiger partial charge in [-0.1, -0.05) is 12.1 Å². The molecule has 0 unspecified atom stereocenters. The van der Waals surface area contributed by atoms with Crippen LogP contribution in [0.25, 0.3) is 0 Å². The Labute approximate surface area is 156 Å². The number of carbonyl (C=O) groups is 2. The van der Waals surface area contributed by atoms with Gasteiger partial charge in [0.05, 0.1) is 25.3 Å². The Morgan fingerprint density at radius 3 is 2.15 bits per heavy atom. The molecule has 0 aromatic heterocycles. The summed E-state index contributed by atoms with van der Waals surface area (Å²) in [6, 6.07) is 10.9. The number of benzene rings is 2. The van der Waals surface area contributed by atoms with Gasteiger partial charge in [-0.15, -0.1) is 0 Å². The molecular formula is C18H18N2O6S. The van der Waals surface area contributed by atoms with E-state index in [0.29, 0.717) is 16.9 Å². The number of nitrogens with one attached hydrogen (secondary N) is 1. The Morgan fingerprint density at radius 1 is 0.963 bits per heavy atom. The van der Waals surface area contributed by atoms with Crippen molar-refractivity contribution in [3.8, 4) is 11.5 Å². The highest BCUT2D eigenvalue weighted by molar-refractivity contribution is 7.89. The summed E-state index contributed by atoms with van der Waals surface area (Å²) in [5.74, 6) is -0.358. The fourth-order valence-corrected chi connectivity index (χ4v) is 4.01. The van der Waals surface area contributed by atoms with Gasteiger partial charge in [0.1, 0.15) is 16.4 Å². The molecule has 0 radical (unpaired) electrons. The SMILES string of the molecule is COc1ccc(OC)c(S(=O)(=O)NCCN2C(=O)c3ccccc3C2=O)c1. The molecule has 0 aliphatic carbocycles. The van der Waals surface area contributed by atoms with Crippen molar-refractivity contribution in [2.24, 2.45) is 0 Å². The second-order valence-electron chi connectivity index (χ2n) is 5.72. The average Bonchev–Trinajstić information content (AvgIpc) is 2.92. The minimum atomic E-state index is -3.93. The van der Waals surface area contributed by atoms with Crippen molar-refractivity contribution >= 4 is 21.8 Å². The van der Waals surface area contributed by atoms with E-state index in [0.717, 1.165) is 4.90 Å². The predicted molar refractivity (Wildman–Crippen MR) is 96.5 cm³/mol. The average molecular weight is 390 g/mol. The van der Waals surface area contributed by atoms with Crippen LogP contribution in [0.15, 0.2) is 47.4 Å². The van der Waals surface area contributed by atoms with Crippen molar-refractivity contribution in [3.05, 3.63) is 53.6 Å². The van der Waals surface area contributed by atoms with E-state index >= 15 is 0 Å². The first kappa shape index (κ1) is 18.9. The Balaban J connectivity index is 1.73. The molecule has 1 N–H and O–H groups in total. The Morgan fingerprint density at radius 2 is 1.59 bits per heavy atom. The van der Waals surface area contributed by atoms with E-state index in [4.69, 9.17) is 9.47 Å². The summed E-state index contributed by atoms with van der Waals surface area (Å²) in [6.45, 7) is -0.216. The van der Waals surface area contributed by atoms with Crippen LogP contribution in [0.2, 0.25) is 0 Å². The molecule has 1 heterocycles. The maximum absolute atomic E-state index is 12.6. The molecule has 142 valence electrons. The van der Waals surface area contributed by atoms with Crippen molar-refractivity contribution in [1.29, 1.82) is 0 Å². The summed E-state index contributed by atoms with van der Waals surface area (Å²) in [6.07, 6.45) is 0. The second-order valence-corrected chi connectivity index (χ2v) is 7.46. The van der Waals surface area contributed by atoms with Crippen molar-refractivity contribution in [2.75, 3.05) is 27.3 Å². The summed E-state index contributed by atoms with van der Waals surface area (Å²) >= 11 is 0. The second kappa shape index (κ2) is 7.37. The quantitative estimate of drug-likeness (QED) is 0.715. The Hall–Kier alpha value is -2.91. The van der Waals surface area contributed by atoms with Gasteiger partial charge in [0.2, 0.25) is 10.0 Å². The van der Waals surface area contributed by atoms with E-state index < -0.39 is 21.8 Å². The van der Waals surface area contributed by atoms with Crippen LogP contribution in [-0.2, 0) is 10.0 Å². The molecule has 2 aromatic rings. The molecule has 0 saturated heterocycles. The Bertz CT molecular complexity index is 968. The maximum atomic E-state index is 12.6. The minimum absolute atomic E-state index is 0.0855. The van der Waals surface area contributed by atoms with Crippen LogP contribution in [0, 0.1) is 0 Å². The van der Waals surface area contributed by atoms with E-state index in [1.165, 1.54) is 26.4 Å². The number of carbonyl (C=O) groups excluding carboxylic acids is 2. The molecule has 27 heavy (non-hydrogen) atoms. The van der Waals surface area contributed by atoms with Gasteiger partial charge in [0, 0.05) is 19.2 Å². The van der Waals surface area contributed by atoms with Crippen molar-refractivity contribution < 1.29 is 27.5 Å². The highest BCUT2D eigenvalue weighted by Crippen LogP contribution is 2.28. The lowest BCUT2D eigenvalue weighted by Crippen LogP contribution is -2.38. The summed E-state index contributed by atoms with van der Waals surface area (Å²) < 4.78 is 37.7. The van der Waals surface area contributed by atoms with Gasteiger partial charge in [0.25, 0.3) is 11.8 Å². The van der Waals surface area contributed by atoms with Crippen LogP contribution in [0.3, 0.4) is 0 Å². The highest BCUT2D eigenvalue weighted by atomic mass is 32.2. The zero-order valence-electron chi connectivity index (χ0n) is 14.8. The number of amides is 2. The lowest BCUT2D eigenvalue weighted by molar-refractivity contribution is 0.0657. The number of hydrogen-bond donors (Lipinski definition) is 1. The standard InChI is InChI=1S/C18H18N2O6S/c1-25-12-7-8-15(26-2)16(11-12)27(23,24)19-9-10-20-17(21)13-5-3-4-6-14(13)18(20)22/h3-8,11,19H,9-10H2,1-2H3. The summed E-state index contributed by atoms with van der Waals surface area (Å²) in [5.41, 5.74) is 0.639. The van der Waals surface area contributed by atoms with Crippen molar-refractivity contribution in [3.63, 3.8) is 0 Å². The monoisotopic (exact) mass is 390 g/mol. The molecular weight excluding hydrogens is 372 g/mol. The largest absolute Gasteiger partial charge is 0.497 e. The third kappa shape index (κ3) is 3.51. The van der Waals surface area contributed by atoms with Crippen molar-refractivity contribution in [1.82, 2.24) is 9.62 Å². The van der Waals surface area contributed by atoms with Gasteiger partial charge < -0.3 is 9.47 Å². The maximum Gasteiger partial charge on any atom is 0.261 e. The summed E-state index contributed by atoms with van der Waals surface area (Å²) in [5, 5.41) is 0. The van der Waals surface area contributed by atoms with Gasteiger partial charge in [-0.3, -0.25) is 14.5 Å². The molecule has 2 aromatic carbocycles. The molecule has 9 heteroatoms. The lowest BCUT2D eigenvalue weighted by Gasteiger charge is -2.15. The first-order chi connectivity index (χ1) is 12.9. The molecule has 2 amide bonds. The van der Waals surface area contributed by atoms with Crippen LogP contribution in [-0.4, -0.2) is 52.4 Å². The highest BCUT2D eigenvalue weighted by Gasteiger charge is 2.34.